The lowest BCUT2D eigenvalue weighted by Gasteiger charge is -2.35. The second-order valence-electron chi connectivity index (χ2n) is 6.97. The Morgan fingerprint density at radius 1 is 1.27 bits per heavy atom. The van der Waals surface area contributed by atoms with Crippen LogP contribution in [-0.2, 0) is 22.2 Å². The standard InChI is InChI=1S/C20H29N5O4S/c1-3-21-20(22-9-7-17-5-4-6-19(15-17)28-2)24-10-12-25(13-11-24)30(26,27)16-18-8-14-29-23-18/h4-6,8,14-15H,3,7,9-13,16H2,1-2H3,(H,21,22). The third-order valence-corrected chi connectivity index (χ3v) is 6.70. The molecule has 3 rings (SSSR count). The van der Waals surface area contributed by atoms with E-state index in [1.807, 2.05) is 25.1 Å². The van der Waals surface area contributed by atoms with E-state index in [1.54, 1.807) is 13.2 Å². The van der Waals surface area contributed by atoms with Gasteiger partial charge in [0.2, 0.25) is 10.0 Å². The second-order valence-corrected chi connectivity index (χ2v) is 8.94. The molecular formula is C20H29N5O4S. The first kappa shape index (κ1) is 22.1. The van der Waals surface area contributed by atoms with Crippen LogP contribution in [0.5, 0.6) is 5.75 Å². The van der Waals surface area contributed by atoms with Gasteiger partial charge in [-0.05, 0) is 31.0 Å². The number of hydrogen-bond acceptors (Lipinski definition) is 6. The van der Waals surface area contributed by atoms with Crippen LogP contribution in [0.3, 0.4) is 0 Å². The quantitative estimate of drug-likeness (QED) is 0.493. The summed E-state index contributed by atoms with van der Waals surface area (Å²) in [6.07, 6.45) is 2.19. The van der Waals surface area contributed by atoms with Gasteiger partial charge in [-0.1, -0.05) is 17.3 Å². The van der Waals surface area contributed by atoms with Crippen molar-refractivity contribution in [3.63, 3.8) is 0 Å². The number of nitrogens with zero attached hydrogens (tertiary/aromatic N) is 4. The molecule has 9 nitrogen and oxygen atoms in total. The molecule has 0 spiro atoms. The van der Waals surface area contributed by atoms with E-state index in [4.69, 9.17) is 14.3 Å². The summed E-state index contributed by atoms with van der Waals surface area (Å²) in [6.45, 7) is 5.42. The summed E-state index contributed by atoms with van der Waals surface area (Å²) >= 11 is 0. The molecule has 0 aliphatic carbocycles. The van der Waals surface area contributed by atoms with Crippen molar-refractivity contribution >= 4 is 16.0 Å². The lowest BCUT2D eigenvalue weighted by atomic mass is 10.1. The number of ether oxygens (including phenoxy) is 1. The maximum atomic E-state index is 12.6. The zero-order valence-corrected chi connectivity index (χ0v) is 18.3. The van der Waals surface area contributed by atoms with Crippen molar-refractivity contribution in [1.82, 2.24) is 19.7 Å². The van der Waals surface area contributed by atoms with E-state index in [-0.39, 0.29) is 5.75 Å². The van der Waals surface area contributed by atoms with Gasteiger partial charge >= 0.3 is 0 Å². The van der Waals surface area contributed by atoms with Crippen LogP contribution < -0.4 is 10.1 Å². The van der Waals surface area contributed by atoms with Gasteiger partial charge < -0.3 is 19.5 Å². The average molecular weight is 436 g/mol. The summed E-state index contributed by atoms with van der Waals surface area (Å²) in [4.78, 5) is 6.84. The minimum atomic E-state index is -3.42. The third kappa shape index (κ3) is 5.96. The number of benzene rings is 1. The molecule has 0 unspecified atom stereocenters. The van der Waals surface area contributed by atoms with Crippen molar-refractivity contribution in [3.05, 3.63) is 47.9 Å². The molecule has 1 aliphatic heterocycles. The number of guanidine groups is 1. The fourth-order valence-corrected chi connectivity index (χ4v) is 4.74. The van der Waals surface area contributed by atoms with Gasteiger partial charge in [0, 0.05) is 45.3 Å². The largest absolute Gasteiger partial charge is 0.497 e. The molecule has 2 heterocycles. The maximum Gasteiger partial charge on any atom is 0.220 e. The van der Waals surface area contributed by atoms with E-state index in [1.165, 1.54) is 10.6 Å². The first-order chi connectivity index (χ1) is 14.5. The Bertz CT molecular complexity index is 922. The molecule has 1 fully saturated rings. The minimum Gasteiger partial charge on any atom is -0.497 e. The highest BCUT2D eigenvalue weighted by Gasteiger charge is 2.28. The molecule has 0 atom stereocenters. The Labute approximate surface area is 177 Å². The summed E-state index contributed by atoms with van der Waals surface area (Å²) in [7, 11) is -1.76. The molecule has 0 bridgehead atoms. The predicted molar refractivity (Wildman–Crippen MR) is 115 cm³/mol. The number of aromatic nitrogens is 1. The number of methoxy groups -OCH3 is 1. The van der Waals surface area contributed by atoms with E-state index < -0.39 is 10.0 Å². The van der Waals surface area contributed by atoms with Crippen LogP contribution in [-0.4, -0.2) is 75.1 Å². The molecule has 30 heavy (non-hydrogen) atoms. The van der Waals surface area contributed by atoms with Gasteiger partial charge in [0.05, 0.1) is 12.8 Å². The van der Waals surface area contributed by atoms with Gasteiger partial charge in [-0.3, -0.25) is 4.99 Å². The molecule has 1 saturated heterocycles. The molecule has 10 heteroatoms. The molecule has 1 aromatic carbocycles. The summed E-state index contributed by atoms with van der Waals surface area (Å²) < 4.78 is 36.7. The average Bonchev–Trinajstić information content (AvgIpc) is 3.26. The van der Waals surface area contributed by atoms with Gasteiger partial charge in [0.15, 0.2) is 5.96 Å². The zero-order chi connectivity index (χ0) is 21.4. The highest BCUT2D eigenvalue weighted by Crippen LogP contribution is 2.14. The van der Waals surface area contributed by atoms with E-state index >= 15 is 0 Å². The number of aliphatic imine (C=N–C) groups is 1. The Kier molecular flexibility index (Phi) is 7.69. The smallest absolute Gasteiger partial charge is 0.220 e. The summed E-state index contributed by atoms with van der Waals surface area (Å²) in [6, 6.07) is 9.55. The number of hydrogen-bond donors (Lipinski definition) is 1. The van der Waals surface area contributed by atoms with Crippen LogP contribution >= 0.6 is 0 Å². The Morgan fingerprint density at radius 3 is 2.73 bits per heavy atom. The molecule has 164 valence electrons. The predicted octanol–water partition coefficient (Wildman–Crippen LogP) is 1.34. The van der Waals surface area contributed by atoms with Crippen LogP contribution in [0, 0.1) is 0 Å². The van der Waals surface area contributed by atoms with Gasteiger partial charge in [-0.15, -0.1) is 0 Å². The lowest BCUT2D eigenvalue weighted by Crippen LogP contribution is -2.54. The monoisotopic (exact) mass is 435 g/mol. The highest BCUT2D eigenvalue weighted by molar-refractivity contribution is 7.88. The molecular weight excluding hydrogens is 406 g/mol. The molecule has 1 aromatic heterocycles. The molecule has 1 N–H and O–H groups in total. The Morgan fingerprint density at radius 2 is 2.07 bits per heavy atom. The third-order valence-electron chi connectivity index (χ3n) is 4.88. The van der Waals surface area contributed by atoms with Crippen LogP contribution in [0.4, 0.5) is 0 Å². The number of nitrogens with one attached hydrogen (secondary N) is 1. The Balaban J connectivity index is 1.56. The SMILES string of the molecule is CCNC(=NCCc1cccc(OC)c1)N1CCN(S(=O)(=O)Cc2ccon2)CC1. The van der Waals surface area contributed by atoms with Crippen LogP contribution in [0.15, 0.2) is 46.1 Å². The fourth-order valence-electron chi connectivity index (χ4n) is 3.31. The van der Waals surface area contributed by atoms with Crippen LogP contribution in [0.1, 0.15) is 18.2 Å². The molecule has 0 saturated carbocycles. The highest BCUT2D eigenvalue weighted by atomic mass is 32.2. The summed E-state index contributed by atoms with van der Waals surface area (Å²) in [5.41, 5.74) is 1.59. The summed E-state index contributed by atoms with van der Waals surface area (Å²) in [5.74, 6) is 1.51. The van der Waals surface area contributed by atoms with Crippen molar-refractivity contribution < 1.29 is 17.7 Å². The van der Waals surface area contributed by atoms with Gasteiger partial charge in [0.25, 0.3) is 0 Å². The number of sulfonamides is 1. The molecule has 2 aromatic rings. The second kappa shape index (κ2) is 10.4. The normalized spacial score (nSPS) is 15.9. The van der Waals surface area contributed by atoms with E-state index in [0.717, 1.165) is 30.2 Å². The molecule has 0 amide bonds. The topological polar surface area (TPSA) is 100 Å². The first-order valence-electron chi connectivity index (χ1n) is 10.0. The van der Waals surface area contributed by atoms with Crippen molar-refractivity contribution in [3.8, 4) is 5.75 Å². The van der Waals surface area contributed by atoms with E-state index in [0.29, 0.717) is 38.4 Å². The van der Waals surface area contributed by atoms with E-state index in [2.05, 4.69) is 21.4 Å². The summed E-state index contributed by atoms with van der Waals surface area (Å²) in [5, 5.41) is 7.02. The van der Waals surface area contributed by atoms with Gasteiger partial charge in [-0.25, -0.2) is 8.42 Å². The first-order valence-corrected chi connectivity index (χ1v) is 11.7. The van der Waals surface area contributed by atoms with Gasteiger partial charge in [-0.2, -0.15) is 4.31 Å². The van der Waals surface area contributed by atoms with Crippen LogP contribution in [0.25, 0.3) is 0 Å². The fraction of sp³-hybridized carbons (Fsp3) is 0.500. The van der Waals surface area contributed by atoms with Crippen LogP contribution in [0.2, 0.25) is 0 Å². The Hall–Kier alpha value is -2.59. The van der Waals surface area contributed by atoms with Gasteiger partial charge in [0.1, 0.15) is 17.8 Å². The number of piperazine rings is 1. The molecule has 0 radical (unpaired) electrons. The van der Waals surface area contributed by atoms with Crippen molar-refractivity contribution in [2.45, 2.75) is 19.1 Å². The number of rotatable bonds is 8. The van der Waals surface area contributed by atoms with E-state index in [9.17, 15) is 8.42 Å². The lowest BCUT2D eigenvalue weighted by molar-refractivity contribution is 0.260. The maximum absolute atomic E-state index is 12.6. The molecule has 1 aliphatic rings. The van der Waals surface area contributed by atoms with Crippen molar-refractivity contribution in [2.75, 3.05) is 46.4 Å². The van der Waals surface area contributed by atoms with Crippen molar-refractivity contribution in [2.24, 2.45) is 4.99 Å². The van der Waals surface area contributed by atoms with Crippen molar-refractivity contribution in [1.29, 1.82) is 0 Å². The minimum absolute atomic E-state index is 0.141. The zero-order valence-electron chi connectivity index (χ0n) is 17.5.